The fourth-order valence-electron chi connectivity index (χ4n) is 4.11. The molecular weight excluding hydrogens is 638 g/mol. The van der Waals surface area contributed by atoms with Gasteiger partial charge in [-0.05, 0) is 99.7 Å². The standard InChI is InChI=1S/C31H38BrN3O5S2/c1-6-22(3)33-31(37)23(4)34(20-24-8-10-25(32)11-9-24)30(36)21-35(26-12-14-27(15-13-26)40-7-2)42(38,39)29-18-16-28(41-5)17-19-29/h8-19,22-23H,6-7,20-21H2,1-5H3,(H,33,37)/t22-,23+/m0/s1. The van der Waals surface area contributed by atoms with Gasteiger partial charge in [-0.25, -0.2) is 8.42 Å². The predicted molar refractivity (Wildman–Crippen MR) is 172 cm³/mol. The Labute approximate surface area is 262 Å². The number of hydrogen-bond acceptors (Lipinski definition) is 6. The third kappa shape index (κ3) is 8.75. The lowest BCUT2D eigenvalue weighted by atomic mass is 10.1. The van der Waals surface area contributed by atoms with Crippen LogP contribution in [0.15, 0.2) is 87.1 Å². The third-order valence-corrected chi connectivity index (χ3v) is 9.86. The Morgan fingerprint density at radius 3 is 2.12 bits per heavy atom. The Bertz CT molecular complexity index is 1430. The summed E-state index contributed by atoms with van der Waals surface area (Å²) in [6, 6.07) is 19.6. The second-order valence-electron chi connectivity index (χ2n) is 9.76. The van der Waals surface area contributed by atoms with Gasteiger partial charge in [0.25, 0.3) is 10.0 Å². The molecule has 2 amide bonds. The van der Waals surface area contributed by atoms with Crippen LogP contribution < -0.4 is 14.4 Å². The molecule has 0 aliphatic carbocycles. The number of benzene rings is 3. The van der Waals surface area contributed by atoms with Gasteiger partial charge in [-0.2, -0.15) is 0 Å². The van der Waals surface area contributed by atoms with Crippen LogP contribution >= 0.6 is 27.7 Å². The first-order chi connectivity index (χ1) is 20.0. The van der Waals surface area contributed by atoms with Gasteiger partial charge >= 0.3 is 0 Å². The maximum absolute atomic E-state index is 14.0. The highest BCUT2D eigenvalue weighted by molar-refractivity contribution is 9.10. The number of thioether (sulfide) groups is 1. The normalized spacial score (nSPS) is 12.7. The molecule has 0 bridgehead atoms. The monoisotopic (exact) mass is 675 g/mol. The summed E-state index contributed by atoms with van der Waals surface area (Å²) in [5, 5.41) is 2.94. The summed E-state index contributed by atoms with van der Waals surface area (Å²) in [6.45, 7) is 7.47. The molecule has 0 saturated heterocycles. The molecular formula is C31H38BrN3O5S2. The Balaban J connectivity index is 2.03. The van der Waals surface area contributed by atoms with Crippen molar-refractivity contribution in [3.05, 3.63) is 82.8 Å². The molecule has 0 fully saturated rings. The first-order valence-corrected chi connectivity index (χ1v) is 17.2. The van der Waals surface area contributed by atoms with Crippen molar-refractivity contribution in [2.75, 3.05) is 23.7 Å². The zero-order valence-electron chi connectivity index (χ0n) is 24.5. The minimum atomic E-state index is -4.15. The van der Waals surface area contributed by atoms with Crippen LogP contribution in [0.5, 0.6) is 5.75 Å². The molecule has 0 heterocycles. The average Bonchev–Trinajstić information content (AvgIpc) is 2.99. The lowest BCUT2D eigenvalue weighted by molar-refractivity contribution is -0.139. The van der Waals surface area contributed by atoms with E-state index in [1.54, 1.807) is 43.3 Å². The molecule has 3 rings (SSSR count). The molecule has 11 heteroatoms. The predicted octanol–water partition coefficient (Wildman–Crippen LogP) is 6.10. The van der Waals surface area contributed by atoms with Crippen molar-refractivity contribution in [2.45, 2.75) is 62.5 Å². The quantitative estimate of drug-likeness (QED) is 0.208. The Morgan fingerprint density at radius 2 is 1.57 bits per heavy atom. The van der Waals surface area contributed by atoms with E-state index in [1.165, 1.54) is 28.8 Å². The van der Waals surface area contributed by atoms with E-state index in [9.17, 15) is 18.0 Å². The van der Waals surface area contributed by atoms with Crippen molar-refractivity contribution < 1.29 is 22.7 Å². The third-order valence-electron chi connectivity index (χ3n) is 6.80. The zero-order valence-corrected chi connectivity index (χ0v) is 27.8. The van der Waals surface area contributed by atoms with Gasteiger partial charge in [-0.3, -0.25) is 13.9 Å². The van der Waals surface area contributed by atoms with Gasteiger partial charge in [0, 0.05) is 22.0 Å². The summed E-state index contributed by atoms with van der Waals surface area (Å²) in [7, 11) is -4.15. The lowest BCUT2D eigenvalue weighted by Gasteiger charge is -2.32. The first kappa shape index (κ1) is 33.5. The number of sulfonamides is 1. The van der Waals surface area contributed by atoms with Crippen LogP contribution in [0.25, 0.3) is 0 Å². The maximum atomic E-state index is 14.0. The highest BCUT2D eigenvalue weighted by Gasteiger charge is 2.33. The number of nitrogens with zero attached hydrogens (tertiary/aromatic N) is 2. The topological polar surface area (TPSA) is 96.0 Å². The molecule has 1 N–H and O–H groups in total. The van der Waals surface area contributed by atoms with E-state index in [1.807, 2.05) is 51.3 Å². The molecule has 0 aromatic heterocycles. The molecule has 3 aromatic rings. The number of carbonyl (C=O) groups excluding carboxylic acids is 2. The molecule has 0 radical (unpaired) electrons. The summed E-state index contributed by atoms with van der Waals surface area (Å²) in [4.78, 5) is 29.6. The van der Waals surface area contributed by atoms with Crippen molar-refractivity contribution in [3.63, 3.8) is 0 Å². The molecule has 0 aliphatic heterocycles. The number of hydrogen-bond donors (Lipinski definition) is 1. The molecule has 3 aromatic carbocycles. The first-order valence-electron chi connectivity index (χ1n) is 13.7. The van der Waals surface area contributed by atoms with Gasteiger partial charge in [0.05, 0.1) is 17.2 Å². The van der Waals surface area contributed by atoms with Gasteiger partial charge in [-0.15, -0.1) is 11.8 Å². The minimum absolute atomic E-state index is 0.0593. The minimum Gasteiger partial charge on any atom is -0.494 e. The average molecular weight is 677 g/mol. The van der Waals surface area contributed by atoms with E-state index >= 15 is 0 Å². The van der Waals surface area contributed by atoms with E-state index in [-0.39, 0.29) is 23.4 Å². The molecule has 2 atom stereocenters. The molecule has 0 spiro atoms. The van der Waals surface area contributed by atoms with Gasteiger partial charge in [0.15, 0.2) is 0 Å². The Kier molecular flexibility index (Phi) is 12.3. The summed E-state index contributed by atoms with van der Waals surface area (Å²) >= 11 is 4.93. The SMILES string of the molecule is CCOc1ccc(N(CC(=O)N(Cc2ccc(Br)cc2)[C@H](C)C(=O)N[C@@H](C)CC)S(=O)(=O)c2ccc(SC)cc2)cc1. The number of carbonyl (C=O) groups is 2. The van der Waals surface area contributed by atoms with Gasteiger partial charge < -0.3 is 15.0 Å². The number of halogens is 1. The second kappa shape index (κ2) is 15.5. The highest BCUT2D eigenvalue weighted by Crippen LogP contribution is 2.28. The molecule has 0 unspecified atom stereocenters. The van der Waals surface area contributed by atoms with E-state index in [0.29, 0.717) is 18.0 Å². The van der Waals surface area contributed by atoms with Crippen molar-refractivity contribution in [3.8, 4) is 5.75 Å². The summed E-state index contributed by atoms with van der Waals surface area (Å²) in [5.74, 6) is -0.234. The highest BCUT2D eigenvalue weighted by atomic mass is 79.9. The summed E-state index contributed by atoms with van der Waals surface area (Å²) in [5.41, 5.74) is 1.11. The van der Waals surface area contributed by atoms with Crippen LogP contribution in [0.4, 0.5) is 5.69 Å². The van der Waals surface area contributed by atoms with E-state index in [4.69, 9.17) is 4.74 Å². The van der Waals surface area contributed by atoms with Crippen LogP contribution in [-0.4, -0.2) is 56.6 Å². The lowest BCUT2D eigenvalue weighted by Crippen LogP contribution is -2.52. The van der Waals surface area contributed by atoms with Crippen LogP contribution in [0.2, 0.25) is 0 Å². The van der Waals surface area contributed by atoms with Gasteiger partial charge in [0.1, 0.15) is 18.3 Å². The van der Waals surface area contributed by atoms with E-state index in [2.05, 4.69) is 21.2 Å². The van der Waals surface area contributed by atoms with Crippen molar-refractivity contribution >= 4 is 55.2 Å². The Hall–Kier alpha value is -3.02. The fraction of sp³-hybridized carbons (Fsp3) is 0.355. The largest absolute Gasteiger partial charge is 0.494 e. The molecule has 0 saturated carbocycles. The number of anilines is 1. The van der Waals surface area contributed by atoms with E-state index in [0.717, 1.165) is 25.7 Å². The molecule has 42 heavy (non-hydrogen) atoms. The smallest absolute Gasteiger partial charge is 0.264 e. The fourth-order valence-corrected chi connectivity index (χ4v) is 6.20. The number of rotatable bonds is 14. The van der Waals surface area contributed by atoms with Crippen LogP contribution in [0.3, 0.4) is 0 Å². The van der Waals surface area contributed by atoms with E-state index < -0.39 is 28.5 Å². The summed E-state index contributed by atoms with van der Waals surface area (Å²) in [6.07, 6.45) is 2.64. The van der Waals surface area contributed by atoms with Crippen LogP contribution in [0, 0.1) is 0 Å². The van der Waals surface area contributed by atoms with Crippen LogP contribution in [0.1, 0.15) is 39.7 Å². The van der Waals surface area contributed by atoms with Gasteiger partial charge in [-0.1, -0.05) is 35.0 Å². The molecule has 226 valence electrons. The molecule has 8 nitrogen and oxygen atoms in total. The summed E-state index contributed by atoms with van der Waals surface area (Å²) < 4.78 is 35.5. The molecule has 0 aliphatic rings. The maximum Gasteiger partial charge on any atom is 0.264 e. The number of ether oxygens (including phenoxy) is 1. The van der Waals surface area contributed by atoms with Crippen molar-refractivity contribution in [1.82, 2.24) is 10.2 Å². The van der Waals surface area contributed by atoms with Crippen molar-refractivity contribution in [1.29, 1.82) is 0 Å². The number of nitrogens with one attached hydrogen (secondary N) is 1. The van der Waals surface area contributed by atoms with Gasteiger partial charge in [0.2, 0.25) is 11.8 Å². The van der Waals surface area contributed by atoms with Crippen LogP contribution in [-0.2, 0) is 26.2 Å². The second-order valence-corrected chi connectivity index (χ2v) is 13.4. The van der Waals surface area contributed by atoms with Crippen molar-refractivity contribution in [2.24, 2.45) is 0 Å². The number of amides is 2. The Morgan fingerprint density at radius 1 is 0.952 bits per heavy atom. The zero-order chi connectivity index (χ0) is 30.9.